The van der Waals surface area contributed by atoms with Crippen molar-refractivity contribution in [1.82, 2.24) is 15.1 Å². The number of anilines is 2. The first-order chi connectivity index (χ1) is 12.3. The minimum Gasteiger partial charge on any atom is -0.386 e. The lowest BCUT2D eigenvalue weighted by Crippen LogP contribution is -2.35. The van der Waals surface area contributed by atoms with E-state index in [4.69, 9.17) is 4.74 Å². The molecule has 3 rings (SSSR count). The van der Waals surface area contributed by atoms with E-state index in [0.29, 0.717) is 17.8 Å². The molecule has 1 aromatic carbocycles. The molecule has 2 aromatic rings. The Bertz CT molecular complexity index is 736. The lowest BCUT2D eigenvalue weighted by Gasteiger charge is -2.26. The van der Waals surface area contributed by atoms with Gasteiger partial charge in [0.2, 0.25) is 6.41 Å². The molecule has 0 bridgehead atoms. The Labute approximate surface area is 146 Å². The van der Waals surface area contributed by atoms with Gasteiger partial charge in [0.15, 0.2) is 0 Å². The summed E-state index contributed by atoms with van der Waals surface area (Å²) in [5.41, 5.74) is 4.24. The maximum absolute atomic E-state index is 10.6. The second-order valence-corrected chi connectivity index (χ2v) is 5.71. The minimum atomic E-state index is 0.591. The second-order valence-electron chi connectivity index (χ2n) is 5.71. The van der Waals surface area contributed by atoms with Gasteiger partial charge >= 0.3 is 0 Å². The third kappa shape index (κ3) is 4.43. The molecule has 0 spiro atoms. The summed E-state index contributed by atoms with van der Waals surface area (Å²) in [4.78, 5) is 17.5. The number of hydrogen-bond donors (Lipinski definition) is 3. The van der Waals surface area contributed by atoms with E-state index in [1.807, 2.05) is 13.1 Å². The summed E-state index contributed by atoms with van der Waals surface area (Å²) < 4.78 is 5.39. The number of H-pyrrole nitrogens is 1. The number of aromatic nitrogens is 2. The Kier molecular flexibility index (Phi) is 5.76. The van der Waals surface area contributed by atoms with Crippen LogP contribution >= 0.6 is 0 Å². The van der Waals surface area contributed by atoms with E-state index in [9.17, 15) is 4.79 Å². The molecule has 3 N–H and O–H groups in total. The van der Waals surface area contributed by atoms with Crippen molar-refractivity contribution >= 4 is 29.7 Å². The number of amides is 1. The van der Waals surface area contributed by atoms with E-state index >= 15 is 0 Å². The summed E-state index contributed by atoms with van der Waals surface area (Å²) in [6.07, 6.45) is 3.80. The number of carbonyl (C=O) groups excluding carboxylic acids is 1. The van der Waals surface area contributed by atoms with Crippen LogP contribution in [0.1, 0.15) is 11.3 Å². The number of hydrogen-bond acceptors (Lipinski definition) is 6. The van der Waals surface area contributed by atoms with Gasteiger partial charge in [0.05, 0.1) is 48.4 Å². The number of morpholine rings is 1. The molecule has 2 heterocycles. The minimum absolute atomic E-state index is 0.591. The molecule has 1 aliphatic heterocycles. The maximum Gasteiger partial charge on any atom is 0.211 e. The summed E-state index contributed by atoms with van der Waals surface area (Å²) in [7, 11) is 1.88. The molecule has 0 atom stereocenters. The van der Waals surface area contributed by atoms with Crippen LogP contribution in [-0.4, -0.2) is 61.1 Å². The van der Waals surface area contributed by atoms with Gasteiger partial charge in [-0.1, -0.05) is 6.07 Å². The predicted octanol–water partition coefficient (Wildman–Crippen LogP) is 1.60. The van der Waals surface area contributed by atoms with Crippen LogP contribution in [0.15, 0.2) is 29.4 Å². The van der Waals surface area contributed by atoms with Gasteiger partial charge in [-0.2, -0.15) is 5.10 Å². The lowest BCUT2D eigenvalue weighted by atomic mass is 10.1. The summed E-state index contributed by atoms with van der Waals surface area (Å²) in [5.74, 6) is 0. The third-order valence-corrected chi connectivity index (χ3v) is 4.06. The molecule has 1 fully saturated rings. The summed E-state index contributed by atoms with van der Waals surface area (Å²) in [6.45, 7) is 4.41. The van der Waals surface area contributed by atoms with Crippen molar-refractivity contribution in [2.45, 2.75) is 6.54 Å². The molecule has 8 heteroatoms. The first kappa shape index (κ1) is 17.1. The van der Waals surface area contributed by atoms with Crippen molar-refractivity contribution in [3.05, 3.63) is 35.7 Å². The topological polar surface area (TPSA) is 94.6 Å². The summed E-state index contributed by atoms with van der Waals surface area (Å²) in [6, 6.07) is 6.18. The average molecular weight is 342 g/mol. The number of carbonyl (C=O) groups is 1. The van der Waals surface area contributed by atoms with Crippen molar-refractivity contribution in [1.29, 1.82) is 0 Å². The smallest absolute Gasteiger partial charge is 0.211 e. The van der Waals surface area contributed by atoms with Crippen LogP contribution in [0.5, 0.6) is 0 Å². The molecule has 0 saturated carbocycles. The zero-order valence-electron chi connectivity index (χ0n) is 14.2. The van der Waals surface area contributed by atoms with Crippen molar-refractivity contribution < 1.29 is 9.53 Å². The number of rotatable bonds is 7. The number of aliphatic imine (C=N–C) groups is 1. The van der Waals surface area contributed by atoms with Crippen LogP contribution in [0, 0.1) is 0 Å². The monoisotopic (exact) mass is 342 g/mol. The molecule has 1 aromatic heterocycles. The summed E-state index contributed by atoms with van der Waals surface area (Å²) >= 11 is 0. The highest BCUT2D eigenvalue weighted by molar-refractivity contribution is 5.90. The van der Waals surface area contributed by atoms with E-state index in [1.54, 1.807) is 12.4 Å². The van der Waals surface area contributed by atoms with Gasteiger partial charge in [-0.05, 0) is 17.7 Å². The van der Waals surface area contributed by atoms with Crippen molar-refractivity contribution in [3.63, 3.8) is 0 Å². The zero-order chi connectivity index (χ0) is 17.5. The maximum atomic E-state index is 10.6. The van der Waals surface area contributed by atoms with Gasteiger partial charge in [-0.15, -0.1) is 0 Å². The Balaban J connectivity index is 1.73. The van der Waals surface area contributed by atoms with E-state index < -0.39 is 0 Å². The van der Waals surface area contributed by atoms with Crippen LogP contribution in [0.4, 0.5) is 17.1 Å². The largest absolute Gasteiger partial charge is 0.386 e. The quantitative estimate of drug-likeness (QED) is 0.525. The lowest BCUT2D eigenvalue weighted by molar-refractivity contribution is -0.105. The number of benzene rings is 1. The second kappa shape index (κ2) is 8.41. The molecule has 1 aliphatic rings. The van der Waals surface area contributed by atoms with Crippen LogP contribution in [0.3, 0.4) is 0 Å². The van der Waals surface area contributed by atoms with Crippen molar-refractivity contribution in [3.8, 4) is 0 Å². The Morgan fingerprint density at radius 1 is 1.36 bits per heavy atom. The normalized spacial score (nSPS) is 15.4. The molecular weight excluding hydrogens is 320 g/mol. The Hall–Kier alpha value is -2.71. The highest BCUT2D eigenvalue weighted by atomic mass is 16.5. The van der Waals surface area contributed by atoms with Crippen molar-refractivity contribution in [2.75, 3.05) is 44.0 Å². The van der Waals surface area contributed by atoms with Crippen LogP contribution in [-0.2, 0) is 16.1 Å². The molecule has 1 amide bonds. The fourth-order valence-electron chi connectivity index (χ4n) is 2.72. The van der Waals surface area contributed by atoms with Crippen LogP contribution in [0.25, 0.3) is 0 Å². The molecule has 25 heavy (non-hydrogen) atoms. The van der Waals surface area contributed by atoms with Gasteiger partial charge in [-0.3, -0.25) is 19.8 Å². The molecule has 0 unspecified atom stereocenters. The fourth-order valence-corrected chi connectivity index (χ4v) is 2.72. The molecular formula is C17H22N6O2. The molecule has 132 valence electrons. The number of nitrogens with one attached hydrogen (secondary N) is 3. The number of ether oxygens (including phenoxy) is 1. The molecule has 8 nitrogen and oxygen atoms in total. The Morgan fingerprint density at radius 3 is 2.96 bits per heavy atom. The molecule has 1 saturated heterocycles. The fraction of sp³-hybridized carbons (Fsp3) is 0.353. The highest BCUT2D eigenvalue weighted by Gasteiger charge is 2.11. The standard InChI is InChI=1S/C17H22N6O2/c1-18-15-8-13(11-23-4-6-25-7-5-23)2-3-14(15)19-9-17-16(20-12-24)10-21-22-17/h2-3,8-10,12,18H,4-7,11H2,1H3,(H,20,24)(H,21,22). The van der Waals surface area contributed by atoms with E-state index in [-0.39, 0.29) is 0 Å². The van der Waals surface area contributed by atoms with Gasteiger partial charge in [-0.25, -0.2) is 0 Å². The first-order valence-corrected chi connectivity index (χ1v) is 8.18. The summed E-state index contributed by atoms with van der Waals surface area (Å²) in [5, 5.41) is 12.5. The molecule has 0 radical (unpaired) electrons. The molecule has 0 aliphatic carbocycles. The number of aromatic amines is 1. The van der Waals surface area contributed by atoms with Gasteiger partial charge in [0.1, 0.15) is 0 Å². The average Bonchev–Trinajstić information content (AvgIpc) is 3.09. The van der Waals surface area contributed by atoms with Crippen LogP contribution in [0.2, 0.25) is 0 Å². The third-order valence-electron chi connectivity index (χ3n) is 4.06. The van der Waals surface area contributed by atoms with E-state index in [0.717, 1.165) is 44.2 Å². The predicted molar refractivity (Wildman–Crippen MR) is 97.6 cm³/mol. The zero-order valence-corrected chi connectivity index (χ0v) is 14.2. The van der Waals surface area contributed by atoms with Gasteiger partial charge in [0, 0.05) is 26.7 Å². The highest BCUT2D eigenvalue weighted by Crippen LogP contribution is 2.26. The SMILES string of the molecule is CNc1cc(CN2CCOCC2)ccc1N=Cc1[nH]ncc1NC=O. The van der Waals surface area contributed by atoms with Crippen LogP contribution < -0.4 is 10.6 Å². The number of nitrogens with zero attached hydrogens (tertiary/aromatic N) is 3. The van der Waals surface area contributed by atoms with Gasteiger partial charge in [0.25, 0.3) is 0 Å². The van der Waals surface area contributed by atoms with Gasteiger partial charge < -0.3 is 15.4 Å². The first-order valence-electron chi connectivity index (χ1n) is 8.18. The van der Waals surface area contributed by atoms with Crippen molar-refractivity contribution in [2.24, 2.45) is 4.99 Å². The Morgan fingerprint density at radius 2 is 2.20 bits per heavy atom. The van der Waals surface area contributed by atoms with E-state index in [1.165, 1.54) is 5.56 Å². The van der Waals surface area contributed by atoms with E-state index in [2.05, 4.69) is 42.9 Å².